The lowest BCUT2D eigenvalue weighted by Gasteiger charge is -2.14. The van der Waals surface area contributed by atoms with Crippen molar-refractivity contribution in [3.63, 3.8) is 0 Å². The van der Waals surface area contributed by atoms with E-state index in [1.54, 1.807) is 32.0 Å². The van der Waals surface area contributed by atoms with E-state index in [1.165, 1.54) is 0 Å². The summed E-state index contributed by atoms with van der Waals surface area (Å²) >= 11 is 0. The second kappa shape index (κ2) is 7.34. The van der Waals surface area contributed by atoms with Crippen LogP contribution in [0.5, 0.6) is 5.75 Å². The zero-order chi connectivity index (χ0) is 14.4. The first-order chi connectivity index (χ1) is 8.90. The molecule has 4 nitrogen and oxygen atoms in total. The molecule has 0 spiro atoms. The highest BCUT2D eigenvalue weighted by molar-refractivity contribution is 7.54. The summed E-state index contributed by atoms with van der Waals surface area (Å²) in [5.41, 5.74) is 0. The summed E-state index contributed by atoms with van der Waals surface area (Å²) in [5, 5.41) is 0.599. The number of para-hydroxylation sites is 1. The van der Waals surface area contributed by atoms with Gasteiger partial charge < -0.3 is 14.0 Å². The molecule has 1 unspecified atom stereocenters. The standard InChI is InChI=1S/C14H21O4P/c1-10(2)17-12-7-5-6-8-13(12)19(16)9-14(15)18-11(3)4/h5-8,10-11,19H,9H2,1-4H3. The highest BCUT2D eigenvalue weighted by Gasteiger charge is 2.16. The third-order valence-corrected chi connectivity index (χ3v) is 3.85. The van der Waals surface area contributed by atoms with E-state index < -0.39 is 13.8 Å². The van der Waals surface area contributed by atoms with Crippen LogP contribution in [0.3, 0.4) is 0 Å². The van der Waals surface area contributed by atoms with Gasteiger partial charge in [0.2, 0.25) is 0 Å². The molecular weight excluding hydrogens is 263 g/mol. The summed E-state index contributed by atoms with van der Waals surface area (Å²) in [7, 11) is -2.24. The number of carbonyl (C=O) groups excluding carboxylic acids is 1. The summed E-state index contributed by atoms with van der Waals surface area (Å²) in [4.78, 5) is 11.5. The molecule has 1 aromatic carbocycles. The summed E-state index contributed by atoms with van der Waals surface area (Å²) in [6, 6.07) is 7.12. The molecule has 0 aliphatic rings. The minimum atomic E-state index is -2.24. The zero-order valence-electron chi connectivity index (χ0n) is 11.8. The Labute approximate surface area is 114 Å². The van der Waals surface area contributed by atoms with E-state index in [-0.39, 0.29) is 18.4 Å². The van der Waals surface area contributed by atoms with Gasteiger partial charge in [-0.05, 0) is 39.8 Å². The van der Waals surface area contributed by atoms with Gasteiger partial charge in [-0.3, -0.25) is 4.79 Å². The fourth-order valence-corrected chi connectivity index (χ4v) is 2.82. The molecule has 0 saturated heterocycles. The van der Waals surface area contributed by atoms with Crippen LogP contribution in [0.4, 0.5) is 0 Å². The number of hydrogen-bond acceptors (Lipinski definition) is 4. The van der Waals surface area contributed by atoms with E-state index in [0.717, 1.165) is 0 Å². The molecule has 0 radical (unpaired) electrons. The quantitative estimate of drug-likeness (QED) is 0.595. The van der Waals surface area contributed by atoms with E-state index in [2.05, 4.69) is 0 Å². The summed E-state index contributed by atoms with van der Waals surface area (Å²) in [6.07, 6.45) is -0.274. The van der Waals surface area contributed by atoms with Crippen LogP contribution in [0.15, 0.2) is 24.3 Å². The van der Waals surface area contributed by atoms with Gasteiger partial charge in [0.1, 0.15) is 19.7 Å². The maximum Gasteiger partial charge on any atom is 0.313 e. The molecular formula is C14H21O4P. The Kier molecular flexibility index (Phi) is 6.10. The molecule has 106 valence electrons. The minimum absolute atomic E-state index is 0.00133. The number of rotatable bonds is 6. The van der Waals surface area contributed by atoms with E-state index in [9.17, 15) is 9.36 Å². The Bertz CT molecular complexity index is 455. The van der Waals surface area contributed by atoms with Crippen molar-refractivity contribution in [2.45, 2.75) is 39.9 Å². The molecule has 5 heteroatoms. The Balaban J connectivity index is 2.79. The lowest BCUT2D eigenvalue weighted by Crippen LogP contribution is -2.17. The van der Waals surface area contributed by atoms with Crippen LogP contribution in [0.1, 0.15) is 27.7 Å². The van der Waals surface area contributed by atoms with Gasteiger partial charge in [0, 0.05) is 0 Å². The lowest BCUT2D eigenvalue weighted by molar-refractivity contribution is -0.144. The zero-order valence-corrected chi connectivity index (χ0v) is 12.8. The molecule has 0 saturated carbocycles. The third kappa shape index (κ3) is 5.48. The SMILES string of the molecule is CC(C)OC(=O)C[PH](=O)c1ccccc1OC(C)C. The first-order valence-corrected chi connectivity index (χ1v) is 8.00. The van der Waals surface area contributed by atoms with Crippen LogP contribution < -0.4 is 10.0 Å². The Morgan fingerprint density at radius 2 is 1.79 bits per heavy atom. The first kappa shape index (κ1) is 15.8. The predicted molar refractivity (Wildman–Crippen MR) is 76.9 cm³/mol. The van der Waals surface area contributed by atoms with Gasteiger partial charge in [-0.15, -0.1) is 0 Å². The second-order valence-corrected chi connectivity index (χ2v) is 6.54. The van der Waals surface area contributed by atoms with E-state index >= 15 is 0 Å². The second-order valence-electron chi connectivity index (χ2n) is 4.80. The highest BCUT2D eigenvalue weighted by Crippen LogP contribution is 2.26. The fraction of sp³-hybridized carbons (Fsp3) is 0.500. The van der Waals surface area contributed by atoms with Gasteiger partial charge in [0.25, 0.3) is 0 Å². The van der Waals surface area contributed by atoms with Crippen LogP contribution >= 0.6 is 7.80 Å². The van der Waals surface area contributed by atoms with Crippen molar-refractivity contribution < 1.29 is 18.8 Å². The van der Waals surface area contributed by atoms with Gasteiger partial charge in [-0.2, -0.15) is 0 Å². The largest absolute Gasteiger partial charge is 0.490 e. The van der Waals surface area contributed by atoms with E-state index in [4.69, 9.17) is 9.47 Å². The molecule has 0 N–H and O–H groups in total. The van der Waals surface area contributed by atoms with Crippen LogP contribution in [-0.4, -0.2) is 24.3 Å². The fourth-order valence-electron chi connectivity index (χ4n) is 1.58. The van der Waals surface area contributed by atoms with Crippen LogP contribution in [0.25, 0.3) is 0 Å². The van der Waals surface area contributed by atoms with Gasteiger partial charge in [0.15, 0.2) is 0 Å². The van der Waals surface area contributed by atoms with Crippen molar-refractivity contribution in [1.82, 2.24) is 0 Å². The van der Waals surface area contributed by atoms with E-state index in [0.29, 0.717) is 11.1 Å². The van der Waals surface area contributed by atoms with Gasteiger partial charge >= 0.3 is 5.97 Å². The average Bonchev–Trinajstić information content (AvgIpc) is 2.27. The topological polar surface area (TPSA) is 52.6 Å². The van der Waals surface area contributed by atoms with Crippen LogP contribution in [-0.2, 0) is 14.1 Å². The molecule has 0 amide bonds. The molecule has 0 aliphatic heterocycles. The molecule has 0 aliphatic carbocycles. The molecule has 0 aromatic heterocycles. The number of esters is 1. The highest BCUT2D eigenvalue weighted by atomic mass is 31.1. The Morgan fingerprint density at radius 3 is 2.37 bits per heavy atom. The van der Waals surface area contributed by atoms with Crippen LogP contribution in [0.2, 0.25) is 0 Å². The smallest absolute Gasteiger partial charge is 0.313 e. The van der Waals surface area contributed by atoms with Crippen molar-refractivity contribution in [1.29, 1.82) is 0 Å². The summed E-state index contributed by atoms with van der Waals surface area (Å²) in [6.45, 7) is 7.35. The number of benzene rings is 1. The van der Waals surface area contributed by atoms with Crippen molar-refractivity contribution in [3.8, 4) is 5.75 Å². The molecule has 0 fully saturated rings. The molecule has 1 atom stereocenters. The predicted octanol–water partition coefficient (Wildman–Crippen LogP) is 2.61. The Morgan fingerprint density at radius 1 is 1.16 bits per heavy atom. The molecule has 0 bridgehead atoms. The normalized spacial score (nSPS) is 12.5. The van der Waals surface area contributed by atoms with E-state index in [1.807, 2.05) is 19.9 Å². The van der Waals surface area contributed by atoms with Crippen molar-refractivity contribution >= 4 is 19.1 Å². The molecule has 0 heterocycles. The van der Waals surface area contributed by atoms with Crippen molar-refractivity contribution in [2.24, 2.45) is 0 Å². The van der Waals surface area contributed by atoms with Crippen molar-refractivity contribution in [3.05, 3.63) is 24.3 Å². The van der Waals surface area contributed by atoms with Crippen molar-refractivity contribution in [2.75, 3.05) is 6.16 Å². The monoisotopic (exact) mass is 284 g/mol. The number of hydrogen-bond donors (Lipinski definition) is 0. The third-order valence-electron chi connectivity index (χ3n) is 2.22. The Hall–Kier alpha value is -1.28. The maximum absolute atomic E-state index is 12.2. The van der Waals surface area contributed by atoms with Gasteiger partial charge in [-0.1, -0.05) is 12.1 Å². The van der Waals surface area contributed by atoms with Crippen LogP contribution in [0, 0.1) is 0 Å². The number of ether oxygens (including phenoxy) is 2. The van der Waals surface area contributed by atoms with Gasteiger partial charge in [-0.25, -0.2) is 0 Å². The number of carbonyl (C=O) groups is 1. The minimum Gasteiger partial charge on any atom is -0.490 e. The first-order valence-electron chi connectivity index (χ1n) is 6.38. The maximum atomic E-state index is 12.2. The summed E-state index contributed by atoms with van der Waals surface area (Å²) < 4.78 is 22.9. The summed E-state index contributed by atoms with van der Waals surface area (Å²) in [5.74, 6) is 0.150. The molecule has 19 heavy (non-hydrogen) atoms. The molecule has 1 aromatic rings. The average molecular weight is 284 g/mol. The lowest BCUT2D eigenvalue weighted by atomic mass is 10.3. The molecule has 1 rings (SSSR count). The van der Waals surface area contributed by atoms with Gasteiger partial charge in [0.05, 0.1) is 17.5 Å².